The van der Waals surface area contributed by atoms with E-state index in [-0.39, 0.29) is 32.4 Å². The smallest absolute Gasteiger partial charge is 0.289 e. The Morgan fingerprint density at radius 2 is 1.66 bits per heavy atom. The first-order chi connectivity index (χ1) is 13.8. The lowest BCUT2D eigenvalue weighted by Gasteiger charge is -2.28. The number of nitrogens with zero attached hydrogens (tertiary/aromatic N) is 1. The van der Waals surface area contributed by atoms with Crippen molar-refractivity contribution >= 4 is 38.9 Å². The second kappa shape index (κ2) is 7.86. The summed E-state index contributed by atoms with van der Waals surface area (Å²) in [5.41, 5.74) is 2.34. The van der Waals surface area contributed by atoms with Crippen LogP contribution in [0.3, 0.4) is 0 Å². The summed E-state index contributed by atoms with van der Waals surface area (Å²) in [6.07, 6.45) is 0.773. The Kier molecular flexibility index (Phi) is 5.42. The lowest BCUT2D eigenvalue weighted by atomic mass is 10.00. The number of benzene rings is 2. The van der Waals surface area contributed by atoms with E-state index in [1.54, 1.807) is 11.0 Å². The van der Waals surface area contributed by atoms with Crippen molar-refractivity contribution in [1.82, 2.24) is 4.90 Å². The standard InChI is InChI=1S/C21H17Cl2NO4S/c22-17-6-3-7-18(23)20(17)29(26,27)13-16-8-9-19(28-16)21(25)24-11-10-14-4-1-2-5-15(14)12-24/h1-9H,10-13H2. The molecule has 0 saturated carbocycles. The molecule has 0 saturated heterocycles. The van der Waals surface area contributed by atoms with E-state index in [1.807, 2.05) is 18.2 Å². The van der Waals surface area contributed by atoms with Crippen LogP contribution in [-0.4, -0.2) is 25.8 Å². The largest absolute Gasteiger partial charge is 0.455 e. The third kappa shape index (κ3) is 4.06. The second-order valence-electron chi connectivity index (χ2n) is 6.82. The lowest BCUT2D eigenvalue weighted by Crippen LogP contribution is -2.35. The summed E-state index contributed by atoms with van der Waals surface area (Å²) in [4.78, 5) is 14.4. The van der Waals surface area contributed by atoms with E-state index < -0.39 is 15.6 Å². The van der Waals surface area contributed by atoms with Crippen molar-refractivity contribution in [2.45, 2.75) is 23.6 Å². The van der Waals surface area contributed by atoms with Crippen molar-refractivity contribution < 1.29 is 17.6 Å². The van der Waals surface area contributed by atoms with Crippen LogP contribution < -0.4 is 0 Å². The minimum atomic E-state index is -3.83. The van der Waals surface area contributed by atoms with Crippen molar-refractivity contribution in [3.05, 3.63) is 87.3 Å². The minimum Gasteiger partial charge on any atom is -0.455 e. The van der Waals surface area contributed by atoms with Crippen LogP contribution in [0.2, 0.25) is 10.0 Å². The van der Waals surface area contributed by atoms with Crippen LogP contribution in [0, 0.1) is 0 Å². The highest BCUT2D eigenvalue weighted by Gasteiger charge is 2.27. The molecule has 0 bridgehead atoms. The summed E-state index contributed by atoms with van der Waals surface area (Å²) in [6, 6.07) is 15.5. The van der Waals surface area contributed by atoms with Gasteiger partial charge in [0.05, 0.1) is 10.0 Å². The number of sulfone groups is 1. The molecular weight excluding hydrogens is 433 g/mol. The predicted molar refractivity (Wildman–Crippen MR) is 111 cm³/mol. The first kappa shape index (κ1) is 20.0. The van der Waals surface area contributed by atoms with Gasteiger partial charge in [0.2, 0.25) is 0 Å². The molecule has 8 heteroatoms. The zero-order valence-corrected chi connectivity index (χ0v) is 17.6. The second-order valence-corrected chi connectivity index (χ2v) is 9.56. The molecule has 0 radical (unpaired) electrons. The number of halogens is 2. The normalized spacial score (nSPS) is 13.9. The third-order valence-corrected chi connectivity index (χ3v) is 7.43. The van der Waals surface area contributed by atoms with Crippen LogP contribution >= 0.6 is 23.2 Å². The zero-order chi connectivity index (χ0) is 20.6. The summed E-state index contributed by atoms with van der Waals surface area (Å²) in [5, 5.41) is 0.0969. The Balaban J connectivity index is 1.52. The molecule has 4 rings (SSSR count). The Labute approximate surface area is 178 Å². The number of rotatable bonds is 4. The fourth-order valence-electron chi connectivity index (χ4n) is 3.43. The number of furan rings is 1. The van der Waals surface area contributed by atoms with Gasteiger partial charge < -0.3 is 9.32 Å². The van der Waals surface area contributed by atoms with Gasteiger partial charge in [-0.15, -0.1) is 0 Å². The number of hydrogen-bond acceptors (Lipinski definition) is 4. The van der Waals surface area contributed by atoms with E-state index in [2.05, 4.69) is 6.07 Å². The molecule has 5 nitrogen and oxygen atoms in total. The maximum Gasteiger partial charge on any atom is 0.289 e. The van der Waals surface area contributed by atoms with Crippen LogP contribution in [0.15, 0.2) is 63.9 Å². The van der Waals surface area contributed by atoms with Crippen LogP contribution in [0.25, 0.3) is 0 Å². The molecule has 29 heavy (non-hydrogen) atoms. The van der Waals surface area contributed by atoms with Gasteiger partial charge in [0.1, 0.15) is 16.4 Å². The Morgan fingerprint density at radius 3 is 2.38 bits per heavy atom. The van der Waals surface area contributed by atoms with Gasteiger partial charge >= 0.3 is 0 Å². The quantitative estimate of drug-likeness (QED) is 0.575. The summed E-state index contributed by atoms with van der Waals surface area (Å²) in [7, 11) is -3.83. The number of fused-ring (bicyclic) bond motifs is 1. The molecular formula is C21H17Cl2NO4S. The summed E-state index contributed by atoms with van der Waals surface area (Å²) >= 11 is 12.0. The van der Waals surface area contributed by atoms with Gasteiger partial charge in [-0.3, -0.25) is 4.79 Å². The van der Waals surface area contributed by atoms with Gasteiger partial charge in [-0.25, -0.2) is 8.42 Å². The molecule has 150 valence electrons. The van der Waals surface area contributed by atoms with Gasteiger partial charge in [0.15, 0.2) is 15.6 Å². The van der Waals surface area contributed by atoms with E-state index in [1.165, 1.54) is 29.8 Å². The van der Waals surface area contributed by atoms with Crippen molar-refractivity contribution in [2.75, 3.05) is 6.54 Å². The zero-order valence-electron chi connectivity index (χ0n) is 15.3. The number of amides is 1. The number of carbonyl (C=O) groups is 1. The number of carbonyl (C=O) groups excluding carboxylic acids is 1. The van der Waals surface area contributed by atoms with Gasteiger partial charge in [-0.2, -0.15) is 0 Å². The first-order valence-electron chi connectivity index (χ1n) is 8.97. The molecule has 1 aromatic heterocycles. The van der Waals surface area contributed by atoms with Crippen molar-refractivity contribution in [1.29, 1.82) is 0 Å². The van der Waals surface area contributed by atoms with E-state index in [4.69, 9.17) is 27.6 Å². The lowest BCUT2D eigenvalue weighted by molar-refractivity contribution is 0.0701. The van der Waals surface area contributed by atoms with Gasteiger partial charge in [-0.1, -0.05) is 53.5 Å². The van der Waals surface area contributed by atoms with Crippen LogP contribution in [0.1, 0.15) is 27.4 Å². The van der Waals surface area contributed by atoms with Crippen molar-refractivity contribution in [3.8, 4) is 0 Å². The summed E-state index contributed by atoms with van der Waals surface area (Å²) in [5.74, 6) is -0.437. The summed E-state index contributed by atoms with van der Waals surface area (Å²) < 4.78 is 31.0. The molecule has 0 unspecified atom stereocenters. The topological polar surface area (TPSA) is 67.6 Å². The molecule has 2 aromatic carbocycles. The average Bonchev–Trinajstić information content (AvgIpc) is 3.14. The van der Waals surface area contributed by atoms with Crippen LogP contribution in [0.5, 0.6) is 0 Å². The van der Waals surface area contributed by atoms with Gasteiger partial charge in [0.25, 0.3) is 5.91 Å². The van der Waals surface area contributed by atoms with E-state index in [0.29, 0.717) is 13.1 Å². The van der Waals surface area contributed by atoms with E-state index in [9.17, 15) is 13.2 Å². The highest BCUT2D eigenvalue weighted by Crippen LogP contribution is 2.32. The van der Waals surface area contributed by atoms with E-state index >= 15 is 0 Å². The number of hydrogen-bond donors (Lipinski definition) is 0. The van der Waals surface area contributed by atoms with Crippen LogP contribution in [-0.2, 0) is 28.6 Å². The van der Waals surface area contributed by atoms with Crippen LogP contribution in [0.4, 0.5) is 0 Å². The molecule has 0 aliphatic carbocycles. The van der Waals surface area contributed by atoms with Gasteiger partial charge in [-0.05, 0) is 41.8 Å². The molecule has 0 atom stereocenters. The Bertz CT molecular complexity index is 1170. The van der Waals surface area contributed by atoms with Gasteiger partial charge in [0, 0.05) is 13.1 Å². The maximum absolute atomic E-state index is 12.8. The van der Waals surface area contributed by atoms with E-state index in [0.717, 1.165) is 12.0 Å². The predicted octanol–water partition coefficient (Wildman–Crippen LogP) is 4.76. The fraction of sp³-hybridized carbons (Fsp3) is 0.190. The molecule has 3 aromatic rings. The maximum atomic E-state index is 12.8. The summed E-state index contributed by atoms with van der Waals surface area (Å²) in [6.45, 7) is 1.08. The fourth-order valence-corrected chi connectivity index (χ4v) is 5.94. The van der Waals surface area contributed by atoms with Crippen molar-refractivity contribution in [2.24, 2.45) is 0 Å². The van der Waals surface area contributed by atoms with Crippen molar-refractivity contribution in [3.63, 3.8) is 0 Å². The molecule has 1 aliphatic heterocycles. The molecule has 0 spiro atoms. The molecule has 1 aliphatic rings. The Morgan fingerprint density at radius 1 is 0.966 bits per heavy atom. The average molecular weight is 450 g/mol. The third-order valence-electron chi connectivity index (χ3n) is 4.85. The molecule has 0 fully saturated rings. The SMILES string of the molecule is O=C(c1ccc(CS(=O)(=O)c2c(Cl)cccc2Cl)o1)N1CCc2ccccc2C1. The molecule has 2 heterocycles. The highest BCUT2D eigenvalue weighted by molar-refractivity contribution is 7.90. The highest BCUT2D eigenvalue weighted by atomic mass is 35.5. The Hall–Kier alpha value is -2.28. The minimum absolute atomic E-state index is 0.0485. The first-order valence-corrected chi connectivity index (χ1v) is 11.4. The molecule has 0 N–H and O–H groups in total. The monoisotopic (exact) mass is 449 g/mol. The molecule has 1 amide bonds.